The Bertz CT molecular complexity index is 817. The first-order valence-corrected chi connectivity index (χ1v) is 9.47. The van der Waals surface area contributed by atoms with E-state index < -0.39 is 0 Å². The minimum atomic E-state index is -0.170. The molecule has 1 N–H and O–H groups in total. The average molecular weight is 390 g/mol. The molecule has 27 heavy (non-hydrogen) atoms. The van der Waals surface area contributed by atoms with E-state index in [1.165, 1.54) is 0 Å². The maximum Gasteiger partial charge on any atom is 0.258 e. The fraction of sp³-hybridized carbons (Fsp3) is 0.409. The van der Waals surface area contributed by atoms with Crippen molar-refractivity contribution in [2.45, 2.75) is 46.6 Å². The van der Waals surface area contributed by atoms with Crippen LogP contribution in [-0.4, -0.2) is 19.6 Å². The van der Waals surface area contributed by atoms with Crippen LogP contribution in [-0.2, 0) is 4.79 Å². The van der Waals surface area contributed by atoms with Crippen molar-refractivity contribution in [2.24, 2.45) is 0 Å². The molecule has 0 spiro atoms. The highest BCUT2D eigenvalue weighted by atomic mass is 35.5. The van der Waals surface area contributed by atoms with Crippen LogP contribution in [0.5, 0.6) is 11.5 Å². The highest BCUT2D eigenvalue weighted by Crippen LogP contribution is 2.32. The van der Waals surface area contributed by atoms with Crippen molar-refractivity contribution in [3.05, 3.63) is 57.6 Å². The summed E-state index contributed by atoms with van der Waals surface area (Å²) in [6.07, 6.45) is 0. The van der Waals surface area contributed by atoms with Crippen LogP contribution in [0.4, 0.5) is 0 Å². The molecule has 2 rings (SSSR count). The molecule has 0 aliphatic heterocycles. The minimum absolute atomic E-state index is 0.0440. The van der Waals surface area contributed by atoms with Crippen LogP contribution in [0.15, 0.2) is 30.3 Å². The zero-order chi connectivity index (χ0) is 20.1. The molecular formula is C22H28ClNO3. The Morgan fingerprint density at radius 3 is 2.37 bits per heavy atom. The van der Waals surface area contributed by atoms with Gasteiger partial charge in [0.1, 0.15) is 11.5 Å². The van der Waals surface area contributed by atoms with Crippen molar-refractivity contribution in [1.29, 1.82) is 0 Å². The monoisotopic (exact) mass is 389 g/mol. The normalized spacial score (nSPS) is 12.0. The summed E-state index contributed by atoms with van der Waals surface area (Å²) in [5, 5.41) is 3.68. The number of amides is 1. The summed E-state index contributed by atoms with van der Waals surface area (Å²) in [6.45, 7) is 10.1. The van der Waals surface area contributed by atoms with E-state index in [1.54, 1.807) is 19.2 Å². The second kappa shape index (κ2) is 9.14. The van der Waals surface area contributed by atoms with Gasteiger partial charge in [0.15, 0.2) is 6.61 Å². The van der Waals surface area contributed by atoms with E-state index in [-0.39, 0.29) is 18.6 Å². The summed E-state index contributed by atoms with van der Waals surface area (Å²) >= 11 is 6.01. The SMILES string of the molecule is COc1cc(C)c([C@H](C)NC(=O)COc2ccc(Cl)c(C)c2)cc1C(C)C. The Morgan fingerprint density at radius 2 is 1.78 bits per heavy atom. The first kappa shape index (κ1) is 21.1. The summed E-state index contributed by atoms with van der Waals surface area (Å²) in [5.74, 6) is 1.67. The molecule has 0 radical (unpaired) electrons. The topological polar surface area (TPSA) is 47.6 Å². The predicted molar refractivity (Wildman–Crippen MR) is 110 cm³/mol. The third-order valence-electron chi connectivity index (χ3n) is 4.58. The number of benzene rings is 2. The number of methoxy groups -OCH3 is 1. The Morgan fingerprint density at radius 1 is 1.07 bits per heavy atom. The van der Waals surface area contributed by atoms with E-state index >= 15 is 0 Å². The standard InChI is InChI=1S/C22H28ClNO3/c1-13(2)18-11-19(14(3)10-21(18)26-6)16(5)24-22(25)12-27-17-7-8-20(23)15(4)9-17/h7-11,13,16H,12H2,1-6H3,(H,24,25)/t16-/m0/s1. The second-order valence-electron chi connectivity index (χ2n) is 7.09. The maximum absolute atomic E-state index is 12.3. The van der Waals surface area contributed by atoms with Crippen molar-refractivity contribution >= 4 is 17.5 Å². The Hall–Kier alpha value is -2.20. The summed E-state index contributed by atoms with van der Waals surface area (Å²) in [5.41, 5.74) is 4.21. The molecule has 0 aliphatic rings. The van der Waals surface area contributed by atoms with Crippen LogP contribution < -0.4 is 14.8 Å². The highest BCUT2D eigenvalue weighted by molar-refractivity contribution is 6.31. The van der Waals surface area contributed by atoms with Crippen LogP contribution in [0.25, 0.3) is 0 Å². The molecule has 0 unspecified atom stereocenters. The molecule has 4 nitrogen and oxygen atoms in total. The van der Waals surface area contributed by atoms with Crippen molar-refractivity contribution in [3.63, 3.8) is 0 Å². The molecule has 2 aromatic rings. The molecule has 1 atom stereocenters. The molecule has 0 heterocycles. The van der Waals surface area contributed by atoms with E-state index in [2.05, 4.69) is 25.2 Å². The lowest BCUT2D eigenvalue weighted by molar-refractivity contribution is -0.123. The lowest BCUT2D eigenvalue weighted by Crippen LogP contribution is -2.31. The average Bonchev–Trinajstić information content (AvgIpc) is 2.61. The van der Waals surface area contributed by atoms with Gasteiger partial charge in [-0.2, -0.15) is 0 Å². The fourth-order valence-corrected chi connectivity index (χ4v) is 3.14. The van der Waals surface area contributed by atoms with Crippen LogP contribution in [0.2, 0.25) is 5.02 Å². The van der Waals surface area contributed by atoms with Gasteiger partial charge in [-0.1, -0.05) is 25.4 Å². The van der Waals surface area contributed by atoms with Gasteiger partial charge < -0.3 is 14.8 Å². The van der Waals surface area contributed by atoms with Crippen LogP contribution in [0, 0.1) is 13.8 Å². The molecule has 2 aromatic carbocycles. The van der Waals surface area contributed by atoms with Gasteiger partial charge in [0, 0.05) is 5.02 Å². The number of hydrogen-bond donors (Lipinski definition) is 1. The van der Waals surface area contributed by atoms with Gasteiger partial charge in [0.25, 0.3) is 5.91 Å². The van der Waals surface area contributed by atoms with E-state index in [4.69, 9.17) is 21.1 Å². The lowest BCUT2D eigenvalue weighted by atomic mass is 9.93. The predicted octanol–water partition coefficient (Wildman–Crippen LogP) is 5.35. The minimum Gasteiger partial charge on any atom is -0.496 e. The summed E-state index contributed by atoms with van der Waals surface area (Å²) in [7, 11) is 1.68. The number of rotatable bonds is 7. The van der Waals surface area contributed by atoms with E-state index in [0.717, 1.165) is 28.0 Å². The first-order chi connectivity index (χ1) is 12.7. The smallest absolute Gasteiger partial charge is 0.258 e. The number of halogens is 1. The number of ether oxygens (including phenoxy) is 2. The number of hydrogen-bond acceptors (Lipinski definition) is 3. The van der Waals surface area contributed by atoms with Crippen LogP contribution >= 0.6 is 11.6 Å². The zero-order valence-electron chi connectivity index (χ0n) is 16.9. The molecule has 1 amide bonds. The van der Waals surface area contributed by atoms with Gasteiger partial charge >= 0.3 is 0 Å². The van der Waals surface area contributed by atoms with Gasteiger partial charge in [-0.05, 0) is 79.3 Å². The van der Waals surface area contributed by atoms with Crippen molar-refractivity contribution in [1.82, 2.24) is 5.32 Å². The van der Waals surface area contributed by atoms with E-state index in [9.17, 15) is 4.79 Å². The third kappa shape index (κ3) is 5.39. The molecule has 146 valence electrons. The second-order valence-corrected chi connectivity index (χ2v) is 7.50. The van der Waals surface area contributed by atoms with Crippen molar-refractivity contribution in [3.8, 4) is 11.5 Å². The van der Waals surface area contributed by atoms with Gasteiger partial charge in [-0.25, -0.2) is 0 Å². The molecule has 0 fully saturated rings. The summed E-state index contributed by atoms with van der Waals surface area (Å²) in [4.78, 5) is 12.3. The Balaban J connectivity index is 2.05. The fourth-order valence-electron chi connectivity index (χ4n) is 3.03. The number of nitrogens with one attached hydrogen (secondary N) is 1. The highest BCUT2D eigenvalue weighted by Gasteiger charge is 2.17. The molecule has 0 saturated carbocycles. The zero-order valence-corrected chi connectivity index (χ0v) is 17.6. The van der Waals surface area contributed by atoms with Gasteiger partial charge in [0.05, 0.1) is 13.2 Å². The first-order valence-electron chi connectivity index (χ1n) is 9.09. The van der Waals surface area contributed by atoms with Gasteiger partial charge in [-0.3, -0.25) is 4.79 Å². The van der Waals surface area contributed by atoms with Gasteiger partial charge in [0.2, 0.25) is 0 Å². The van der Waals surface area contributed by atoms with Gasteiger partial charge in [-0.15, -0.1) is 0 Å². The van der Waals surface area contributed by atoms with Crippen LogP contribution in [0.3, 0.4) is 0 Å². The lowest BCUT2D eigenvalue weighted by Gasteiger charge is -2.21. The maximum atomic E-state index is 12.3. The van der Waals surface area contributed by atoms with Crippen molar-refractivity contribution < 1.29 is 14.3 Å². The third-order valence-corrected chi connectivity index (χ3v) is 5.01. The largest absolute Gasteiger partial charge is 0.496 e. The number of carbonyl (C=O) groups excluding carboxylic acids is 1. The number of aryl methyl sites for hydroxylation is 2. The Labute approximate surface area is 166 Å². The molecule has 0 saturated heterocycles. The summed E-state index contributed by atoms with van der Waals surface area (Å²) < 4.78 is 11.1. The molecule has 5 heteroatoms. The quantitative estimate of drug-likeness (QED) is 0.694. The molecule has 0 bridgehead atoms. The molecule has 0 aliphatic carbocycles. The van der Waals surface area contributed by atoms with Crippen molar-refractivity contribution in [2.75, 3.05) is 13.7 Å². The van der Waals surface area contributed by atoms with Crippen LogP contribution in [0.1, 0.15) is 55.0 Å². The Kier molecular flexibility index (Phi) is 7.14. The molecule has 0 aromatic heterocycles. The molecular weight excluding hydrogens is 362 g/mol. The van der Waals surface area contributed by atoms with E-state index in [0.29, 0.717) is 16.7 Å². The van der Waals surface area contributed by atoms with E-state index in [1.807, 2.05) is 32.9 Å². The summed E-state index contributed by atoms with van der Waals surface area (Å²) in [6, 6.07) is 9.36. The number of carbonyl (C=O) groups is 1.